The molecule has 0 bridgehead atoms. The second kappa shape index (κ2) is 10.2. The number of carbonyl (C=O) groups is 1. The highest BCUT2D eigenvalue weighted by Gasteiger charge is 2.13. The van der Waals surface area contributed by atoms with Gasteiger partial charge in [-0.1, -0.05) is 36.4 Å². The molecular formula is C24H26N2O4S. The molecule has 31 heavy (non-hydrogen) atoms. The Hall–Kier alpha value is -3.16. The van der Waals surface area contributed by atoms with Crippen molar-refractivity contribution in [1.82, 2.24) is 4.72 Å². The quantitative estimate of drug-likeness (QED) is 0.532. The fourth-order valence-electron chi connectivity index (χ4n) is 3.14. The highest BCUT2D eigenvalue weighted by molar-refractivity contribution is 7.89. The summed E-state index contributed by atoms with van der Waals surface area (Å²) in [5.41, 5.74) is 3.68. The summed E-state index contributed by atoms with van der Waals surface area (Å²) in [7, 11) is -3.62. The number of aryl methyl sites for hydroxylation is 2. The molecule has 7 heteroatoms. The van der Waals surface area contributed by atoms with Crippen LogP contribution in [0.3, 0.4) is 0 Å². The Bertz CT molecular complexity index is 1110. The van der Waals surface area contributed by atoms with Crippen LogP contribution in [0.2, 0.25) is 0 Å². The predicted octanol–water partition coefficient (Wildman–Crippen LogP) is 3.84. The van der Waals surface area contributed by atoms with Crippen molar-refractivity contribution >= 4 is 21.6 Å². The second-order valence-corrected chi connectivity index (χ2v) is 9.08. The second-order valence-electron chi connectivity index (χ2n) is 7.32. The summed E-state index contributed by atoms with van der Waals surface area (Å²) < 4.78 is 33.0. The first-order valence-electron chi connectivity index (χ1n) is 9.96. The molecule has 0 spiro atoms. The molecule has 0 heterocycles. The minimum atomic E-state index is -3.62. The Balaban J connectivity index is 1.50. The molecule has 0 atom stereocenters. The summed E-state index contributed by atoms with van der Waals surface area (Å²) in [4.78, 5) is 12.3. The third kappa shape index (κ3) is 6.94. The SMILES string of the molecule is Cc1cc(C)cc(OCC(=O)Nc2ccc(S(=O)(=O)NCCc3ccccc3)cc2)c1. The van der Waals surface area contributed by atoms with Crippen molar-refractivity contribution in [3.8, 4) is 5.75 Å². The zero-order valence-corrected chi connectivity index (χ0v) is 18.4. The van der Waals surface area contributed by atoms with Crippen molar-refractivity contribution in [2.24, 2.45) is 0 Å². The van der Waals surface area contributed by atoms with Gasteiger partial charge in [0.2, 0.25) is 10.0 Å². The number of amides is 1. The first kappa shape index (κ1) is 22.5. The van der Waals surface area contributed by atoms with Gasteiger partial charge in [0.25, 0.3) is 5.91 Å². The molecule has 0 aliphatic carbocycles. The van der Waals surface area contributed by atoms with Gasteiger partial charge in [0, 0.05) is 12.2 Å². The van der Waals surface area contributed by atoms with Crippen LogP contribution < -0.4 is 14.8 Å². The lowest BCUT2D eigenvalue weighted by atomic mass is 10.1. The fraction of sp³-hybridized carbons (Fsp3) is 0.208. The van der Waals surface area contributed by atoms with Crippen LogP contribution in [0.15, 0.2) is 77.7 Å². The highest BCUT2D eigenvalue weighted by Crippen LogP contribution is 2.17. The van der Waals surface area contributed by atoms with Gasteiger partial charge in [-0.3, -0.25) is 4.79 Å². The number of ether oxygens (including phenoxy) is 1. The topological polar surface area (TPSA) is 84.5 Å². The summed E-state index contributed by atoms with van der Waals surface area (Å²) in [5.74, 6) is 0.312. The van der Waals surface area contributed by atoms with Crippen LogP contribution in [-0.2, 0) is 21.2 Å². The number of sulfonamides is 1. The van der Waals surface area contributed by atoms with Crippen LogP contribution in [0.5, 0.6) is 5.75 Å². The van der Waals surface area contributed by atoms with Gasteiger partial charge in [0.05, 0.1) is 4.90 Å². The predicted molar refractivity (Wildman–Crippen MR) is 122 cm³/mol. The maximum Gasteiger partial charge on any atom is 0.262 e. The van der Waals surface area contributed by atoms with E-state index in [1.165, 1.54) is 12.1 Å². The number of rotatable bonds is 9. The average Bonchev–Trinajstić information content (AvgIpc) is 2.73. The van der Waals surface area contributed by atoms with Gasteiger partial charge in [0.15, 0.2) is 6.61 Å². The number of hydrogen-bond acceptors (Lipinski definition) is 4. The summed E-state index contributed by atoms with van der Waals surface area (Å²) in [6.45, 7) is 4.10. The Labute approximate surface area is 183 Å². The van der Waals surface area contributed by atoms with Crippen molar-refractivity contribution in [3.05, 3.63) is 89.5 Å². The number of nitrogens with one attached hydrogen (secondary N) is 2. The summed E-state index contributed by atoms with van der Waals surface area (Å²) in [6.07, 6.45) is 0.606. The van der Waals surface area contributed by atoms with Gasteiger partial charge in [-0.2, -0.15) is 0 Å². The molecule has 2 N–H and O–H groups in total. The molecule has 3 aromatic rings. The van der Waals surface area contributed by atoms with Crippen LogP contribution in [-0.4, -0.2) is 27.5 Å². The molecule has 0 aromatic heterocycles. The molecule has 0 aliphatic rings. The van der Waals surface area contributed by atoms with Crippen molar-refractivity contribution in [2.75, 3.05) is 18.5 Å². The molecule has 0 aliphatic heterocycles. The first-order chi connectivity index (χ1) is 14.8. The van der Waals surface area contributed by atoms with Crippen LogP contribution in [0.1, 0.15) is 16.7 Å². The monoisotopic (exact) mass is 438 g/mol. The molecule has 3 rings (SSSR count). The molecule has 162 valence electrons. The minimum absolute atomic E-state index is 0.135. The van der Waals surface area contributed by atoms with E-state index in [0.717, 1.165) is 16.7 Å². The van der Waals surface area contributed by atoms with Crippen LogP contribution >= 0.6 is 0 Å². The van der Waals surface area contributed by atoms with Gasteiger partial charge in [-0.05, 0) is 73.4 Å². The summed E-state index contributed by atoms with van der Waals surface area (Å²) >= 11 is 0. The highest BCUT2D eigenvalue weighted by atomic mass is 32.2. The van der Waals surface area contributed by atoms with E-state index in [1.807, 2.05) is 62.4 Å². The number of anilines is 1. The lowest BCUT2D eigenvalue weighted by Crippen LogP contribution is -2.26. The molecular weight excluding hydrogens is 412 g/mol. The molecule has 0 saturated heterocycles. The first-order valence-corrected chi connectivity index (χ1v) is 11.4. The Morgan fingerprint density at radius 3 is 2.19 bits per heavy atom. The summed E-state index contributed by atoms with van der Waals surface area (Å²) in [6, 6.07) is 21.5. The van der Waals surface area contributed by atoms with Gasteiger partial charge in [-0.25, -0.2) is 13.1 Å². The largest absolute Gasteiger partial charge is 0.484 e. The Morgan fingerprint density at radius 1 is 0.903 bits per heavy atom. The van der Waals surface area contributed by atoms with Crippen molar-refractivity contribution in [1.29, 1.82) is 0 Å². The third-order valence-corrected chi connectivity index (χ3v) is 6.04. The van der Waals surface area contributed by atoms with E-state index in [9.17, 15) is 13.2 Å². The summed E-state index contributed by atoms with van der Waals surface area (Å²) in [5, 5.41) is 2.71. The zero-order chi connectivity index (χ0) is 22.3. The Morgan fingerprint density at radius 2 is 1.55 bits per heavy atom. The van der Waals surface area contributed by atoms with E-state index in [0.29, 0.717) is 24.4 Å². The number of hydrogen-bond donors (Lipinski definition) is 2. The van der Waals surface area contributed by atoms with E-state index in [-0.39, 0.29) is 17.4 Å². The fourth-order valence-corrected chi connectivity index (χ4v) is 4.17. The molecule has 0 unspecified atom stereocenters. The van der Waals surface area contributed by atoms with E-state index < -0.39 is 10.0 Å². The maximum atomic E-state index is 12.5. The van der Waals surface area contributed by atoms with E-state index in [2.05, 4.69) is 10.0 Å². The number of benzene rings is 3. The smallest absolute Gasteiger partial charge is 0.262 e. The van der Waals surface area contributed by atoms with Crippen molar-refractivity contribution < 1.29 is 17.9 Å². The maximum absolute atomic E-state index is 12.5. The van der Waals surface area contributed by atoms with Crippen LogP contribution in [0.25, 0.3) is 0 Å². The van der Waals surface area contributed by atoms with E-state index in [4.69, 9.17) is 4.74 Å². The van der Waals surface area contributed by atoms with Crippen molar-refractivity contribution in [2.45, 2.75) is 25.2 Å². The number of carbonyl (C=O) groups excluding carboxylic acids is 1. The average molecular weight is 439 g/mol. The lowest BCUT2D eigenvalue weighted by molar-refractivity contribution is -0.118. The standard InChI is InChI=1S/C24H26N2O4S/c1-18-14-19(2)16-22(15-18)30-17-24(27)26-21-8-10-23(11-9-21)31(28,29)25-13-12-20-6-4-3-5-7-20/h3-11,14-16,25H,12-13,17H2,1-2H3,(H,26,27). The molecule has 1 amide bonds. The lowest BCUT2D eigenvalue weighted by Gasteiger charge is -2.10. The van der Waals surface area contributed by atoms with Crippen LogP contribution in [0, 0.1) is 13.8 Å². The normalized spacial score (nSPS) is 11.2. The van der Waals surface area contributed by atoms with Gasteiger partial charge >= 0.3 is 0 Å². The van der Waals surface area contributed by atoms with Crippen LogP contribution in [0.4, 0.5) is 5.69 Å². The molecule has 6 nitrogen and oxygen atoms in total. The molecule has 3 aromatic carbocycles. The van der Waals surface area contributed by atoms with Gasteiger partial charge in [-0.15, -0.1) is 0 Å². The molecule has 0 fully saturated rings. The minimum Gasteiger partial charge on any atom is -0.484 e. The Kier molecular flexibility index (Phi) is 7.44. The molecule has 0 saturated carbocycles. The van der Waals surface area contributed by atoms with Gasteiger partial charge in [0.1, 0.15) is 5.75 Å². The third-order valence-electron chi connectivity index (χ3n) is 4.56. The van der Waals surface area contributed by atoms with Crippen molar-refractivity contribution in [3.63, 3.8) is 0 Å². The van der Waals surface area contributed by atoms with E-state index >= 15 is 0 Å². The zero-order valence-electron chi connectivity index (χ0n) is 17.6. The van der Waals surface area contributed by atoms with E-state index in [1.54, 1.807) is 12.1 Å². The molecule has 0 radical (unpaired) electrons. The van der Waals surface area contributed by atoms with Gasteiger partial charge < -0.3 is 10.1 Å².